The molecule has 2 fully saturated rings. The second-order valence-corrected chi connectivity index (χ2v) is 11.6. The van der Waals surface area contributed by atoms with Crippen molar-refractivity contribution in [2.45, 2.75) is 67.2 Å². The molecular formula is C28H39N3O7. The van der Waals surface area contributed by atoms with E-state index in [2.05, 4.69) is 10.6 Å². The number of carbonyl (C=O) groups excluding carboxylic acids is 5. The molecule has 2 saturated carbocycles. The van der Waals surface area contributed by atoms with Crippen LogP contribution in [0.25, 0.3) is 0 Å². The van der Waals surface area contributed by atoms with Gasteiger partial charge < -0.3 is 20.6 Å². The Labute approximate surface area is 223 Å². The monoisotopic (exact) mass is 529 g/mol. The summed E-state index contributed by atoms with van der Waals surface area (Å²) in [4.78, 5) is 75.0. The van der Waals surface area contributed by atoms with Crippen LogP contribution in [0.1, 0.15) is 67.2 Å². The fourth-order valence-electron chi connectivity index (χ4n) is 4.88. The fraction of sp³-hybridized carbons (Fsp3) is 0.571. The Balaban J connectivity index is 2.06. The maximum absolute atomic E-state index is 12.6. The highest BCUT2D eigenvalue weighted by atomic mass is 16.4. The van der Waals surface area contributed by atoms with Crippen molar-refractivity contribution in [1.29, 1.82) is 0 Å². The van der Waals surface area contributed by atoms with Crippen molar-refractivity contribution in [2.24, 2.45) is 10.8 Å². The third kappa shape index (κ3) is 8.49. The van der Waals surface area contributed by atoms with Crippen LogP contribution in [0.4, 0.5) is 0 Å². The van der Waals surface area contributed by atoms with E-state index in [1.807, 2.05) is 27.7 Å². The zero-order valence-corrected chi connectivity index (χ0v) is 23.2. The molecule has 0 radical (unpaired) electrons. The smallest absolute Gasteiger partial charge is 0.328 e. The minimum absolute atomic E-state index is 0.155. The van der Waals surface area contributed by atoms with Crippen molar-refractivity contribution >= 4 is 35.0 Å². The summed E-state index contributed by atoms with van der Waals surface area (Å²) in [5.41, 5.74) is 0.450. The number of carboxylic acids is 1. The average Bonchev–Trinajstić information content (AvgIpc) is 2.73. The molecule has 0 aliphatic heterocycles. The number of aliphatic carboxylic acids is 1. The maximum Gasteiger partial charge on any atom is 0.328 e. The van der Waals surface area contributed by atoms with Gasteiger partial charge in [0.05, 0.1) is 11.1 Å². The van der Waals surface area contributed by atoms with E-state index in [0.29, 0.717) is 11.4 Å². The fourth-order valence-corrected chi connectivity index (χ4v) is 4.88. The minimum Gasteiger partial charge on any atom is -0.478 e. The molecule has 10 nitrogen and oxygen atoms in total. The highest BCUT2D eigenvalue weighted by molar-refractivity contribution is 6.23. The summed E-state index contributed by atoms with van der Waals surface area (Å²) < 4.78 is 0. The quantitative estimate of drug-likeness (QED) is 0.285. The molecule has 38 heavy (non-hydrogen) atoms. The highest BCUT2D eigenvalue weighted by Crippen LogP contribution is 2.35. The average molecular weight is 530 g/mol. The molecule has 2 aliphatic carbocycles. The SMILES string of the molecule is CC(NCCN(CCNC(C)=C1C(=O)CC(C)(C)CC1=O)C(=O)/C=C\C(=O)O)=C1C(=O)CC(C)(C)CC1=O. The van der Waals surface area contributed by atoms with Gasteiger partial charge in [0.15, 0.2) is 23.1 Å². The van der Waals surface area contributed by atoms with E-state index in [0.717, 1.165) is 12.2 Å². The number of amides is 1. The number of hydrogen-bond donors (Lipinski definition) is 3. The Morgan fingerprint density at radius 1 is 0.737 bits per heavy atom. The van der Waals surface area contributed by atoms with Gasteiger partial charge >= 0.3 is 5.97 Å². The van der Waals surface area contributed by atoms with Crippen molar-refractivity contribution in [3.63, 3.8) is 0 Å². The number of hydrogen-bond acceptors (Lipinski definition) is 8. The predicted molar refractivity (Wildman–Crippen MR) is 141 cm³/mol. The van der Waals surface area contributed by atoms with E-state index in [9.17, 15) is 28.8 Å². The number of nitrogens with zero attached hydrogens (tertiary/aromatic N) is 1. The largest absolute Gasteiger partial charge is 0.478 e. The summed E-state index contributed by atoms with van der Waals surface area (Å²) in [6, 6.07) is 0. The summed E-state index contributed by atoms with van der Waals surface area (Å²) in [6.45, 7) is 11.6. The molecule has 0 heterocycles. The Morgan fingerprint density at radius 3 is 1.39 bits per heavy atom. The molecule has 10 heteroatoms. The number of ketones is 4. The Bertz CT molecular complexity index is 1010. The summed E-state index contributed by atoms with van der Waals surface area (Å²) in [6.07, 6.45) is 2.81. The number of Topliss-reactive ketones (excluding diaryl/α,β-unsaturated/α-hetero) is 4. The van der Waals surface area contributed by atoms with Crippen molar-refractivity contribution in [1.82, 2.24) is 15.5 Å². The highest BCUT2D eigenvalue weighted by Gasteiger charge is 2.37. The molecule has 1 amide bonds. The molecule has 0 saturated heterocycles. The first-order chi connectivity index (χ1) is 17.5. The molecule has 208 valence electrons. The van der Waals surface area contributed by atoms with Gasteiger partial charge in [-0.25, -0.2) is 4.79 Å². The second kappa shape index (κ2) is 12.3. The molecule has 0 bridgehead atoms. The van der Waals surface area contributed by atoms with Crippen LogP contribution < -0.4 is 10.6 Å². The van der Waals surface area contributed by atoms with Crippen LogP contribution in [0, 0.1) is 10.8 Å². The molecule has 3 N–H and O–H groups in total. The molecule has 0 aromatic rings. The van der Waals surface area contributed by atoms with Crippen molar-refractivity contribution < 1.29 is 33.9 Å². The summed E-state index contributed by atoms with van der Waals surface area (Å²) >= 11 is 0. The first-order valence-electron chi connectivity index (χ1n) is 12.8. The number of allylic oxidation sites excluding steroid dienone is 4. The molecule has 2 aliphatic rings. The Hall–Kier alpha value is -3.56. The molecular weight excluding hydrogens is 490 g/mol. The van der Waals surface area contributed by atoms with Crippen LogP contribution in [-0.2, 0) is 28.8 Å². The first kappa shape index (κ1) is 30.7. The minimum atomic E-state index is -1.26. The number of carboxylic acid groups (broad SMARTS) is 1. The lowest BCUT2D eigenvalue weighted by Gasteiger charge is -2.30. The van der Waals surface area contributed by atoms with Gasteiger partial charge in [-0.05, 0) is 24.7 Å². The molecule has 0 unspecified atom stereocenters. The van der Waals surface area contributed by atoms with Gasteiger partial charge in [0.25, 0.3) is 0 Å². The van der Waals surface area contributed by atoms with Crippen LogP contribution in [0.15, 0.2) is 34.7 Å². The van der Waals surface area contributed by atoms with Gasteiger partial charge in [0.1, 0.15) is 0 Å². The second-order valence-electron chi connectivity index (χ2n) is 11.6. The van der Waals surface area contributed by atoms with Gasteiger partial charge in [-0.3, -0.25) is 24.0 Å². The van der Waals surface area contributed by atoms with Crippen LogP contribution in [-0.4, -0.2) is 71.2 Å². The Kier molecular flexibility index (Phi) is 9.94. The number of carbonyl (C=O) groups is 6. The van der Waals surface area contributed by atoms with Crippen LogP contribution in [0.2, 0.25) is 0 Å². The zero-order chi connectivity index (χ0) is 28.8. The summed E-state index contributed by atoms with van der Waals surface area (Å²) in [5, 5.41) is 15.0. The van der Waals surface area contributed by atoms with E-state index in [1.165, 1.54) is 4.90 Å². The molecule has 0 atom stereocenters. The molecule has 0 aromatic heterocycles. The molecule has 0 aromatic carbocycles. The predicted octanol–water partition coefficient (Wildman–Crippen LogP) is 2.10. The third-order valence-electron chi connectivity index (χ3n) is 6.65. The number of nitrogens with one attached hydrogen (secondary N) is 2. The van der Waals surface area contributed by atoms with Gasteiger partial charge in [-0.15, -0.1) is 0 Å². The summed E-state index contributed by atoms with van der Waals surface area (Å²) in [7, 11) is 0. The maximum atomic E-state index is 12.6. The van der Waals surface area contributed by atoms with Gasteiger partial charge in [-0.1, -0.05) is 27.7 Å². The van der Waals surface area contributed by atoms with E-state index in [1.54, 1.807) is 13.8 Å². The zero-order valence-electron chi connectivity index (χ0n) is 23.2. The number of rotatable bonds is 10. The third-order valence-corrected chi connectivity index (χ3v) is 6.65. The standard InChI is InChI=1S/C28H39N3O7/c1-17(25-19(32)13-27(3,4)14-20(25)33)29-9-11-31(23(36)7-8-24(37)38)12-10-30-18(2)26-21(34)15-28(5,6)16-22(26)35/h7-8,29-30H,9-16H2,1-6H3,(H,37,38)/b8-7-. The lowest BCUT2D eigenvalue weighted by atomic mass is 9.73. The van der Waals surface area contributed by atoms with E-state index >= 15 is 0 Å². The van der Waals surface area contributed by atoms with E-state index < -0.39 is 11.9 Å². The lowest BCUT2D eigenvalue weighted by molar-refractivity contribution is -0.132. The van der Waals surface area contributed by atoms with Crippen molar-refractivity contribution in [3.05, 3.63) is 34.7 Å². The van der Waals surface area contributed by atoms with E-state index in [4.69, 9.17) is 5.11 Å². The lowest BCUT2D eigenvalue weighted by Crippen LogP contribution is -2.41. The van der Waals surface area contributed by atoms with Gasteiger partial charge in [-0.2, -0.15) is 0 Å². The van der Waals surface area contributed by atoms with Crippen LogP contribution >= 0.6 is 0 Å². The van der Waals surface area contributed by atoms with E-state index in [-0.39, 0.29) is 97.0 Å². The first-order valence-corrected chi connectivity index (χ1v) is 12.8. The van der Waals surface area contributed by atoms with Crippen molar-refractivity contribution in [2.75, 3.05) is 26.2 Å². The van der Waals surface area contributed by atoms with Crippen molar-refractivity contribution in [3.8, 4) is 0 Å². The van der Waals surface area contributed by atoms with Gasteiger partial charge in [0.2, 0.25) is 5.91 Å². The van der Waals surface area contributed by atoms with Crippen LogP contribution in [0.5, 0.6) is 0 Å². The summed E-state index contributed by atoms with van der Waals surface area (Å²) in [5.74, 6) is -2.64. The molecule has 2 rings (SSSR count). The molecule has 0 spiro atoms. The van der Waals surface area contributed by atoms with Crippen LogP contribution in [0.3, 0.4) is 0 Å². The topological polar surface area (TPSA) is 150 Å². The Morgan fingerprint density at radius 2 is 1.08 bits per heavy atom. The normalized spacial score (nSPS) is 19.0. The van der Waals surface area contributed by atoms with Gasteiger partial charge in [0, 0.05) is 75.4 Å².